The van der Waals surface area contributed by atoms with Gasteiger partial charge >= 0.3 is 11.9 Å². The Kier molecular flexibility index (Phi) is 8.55. The van der Waals surface area contributed by atoms with Crippen molar-refractivity contribution >= 4 is 32.1 Å². The van der Waals surface area contributed by atoms with Crippen molar-refractivity contribution in [3.63, 3.8) is 0 Å². The van der Waals surface area contributed by atoms with Crippen molar-refractivity contribution in [1.82, 2.24) is 4.31 Å². The van der Waals surface area contributed by atoms with Crippen LogP contribution in [-0.2, 0) is 43.4 Å². The number of nitrogens with zero attached hydrogens (tertiary/aromatic N) is 1. The predicted molar refractivity (Wildman–Crippen MR) is 129 cm³/mol. The Morgan fingerprint density at radius 1 is 0.778 bits per heavy atom. The summed E-state index contributed by atoms with van der Waals surface area (Å²) in [6, 6.07) is 9.27. The lowest BCUT2D eigenvalue weighted by molar-refractivity contribution is -0.154. The number of hydrogen-bond donors (Lipinski definition) is 0. The van der Waals surface area contributed by atoms with E-state index in [0.29, 0.717) is 0 Å². The minimum atomic E-state index is -4.33. The van der Waals surface area contributed by atoms with Crippen LogP contribution in [0.2, 0.25) is 0 Å². The van der Waals surface area contributed by atoms with Crippen molar-refractivity contribution in [2.75, 3.05) is 20.8 Å². The molecule has 12 heteroatoms. The summed E-state index contributed by atoms with van der Waals surface area (Å²) < 4.78 is 68.2. The van der Waals surface area contributed by atoms with Gasteiger partial charge in [-0.15, -0.1) is 0 Å². The topological polar surface area (TPSA) is 133 Å². The molecule has 0 N–H and O–H groups in total. The van der Waals surface area contributed by atoms with E-state index in [1.807, 2.05) is 6.92 Å². The van der Waals surface area contributed by atoms with Crippen LogP contribution in [0.3, 0.4) is 0 Å². The first kappa shape index (κ1) is 27.8. The molecule has 3 rings (SSSR count). The lowest BCUT2D eigenvalue weighted by Gasteiger charge is -2.41. The number of rotatable bonds is 8. The maximum Gasteiger partial charge on any atom is 0.324 e. The van der Waals surface area contributed by atoms with E-state index in [-0.39, 0.29) is 29.2 Å². The van der Waals surface area contributed by atoms with Crippen LogP contribution in [0.4, 0.5) is 0 Å². The number of methoxy groups -OCH3 is 2. The summed E-state index contributed by atoms with van der Waals surface area (Å²) in [5, 5.41) is 0. The van der Waals surface area contributed by atoms with Gasteiger partial charge in [-0.25, -0.2) is 8.42 Å². The van der Waals surface area contributed by atoms with Gasteiger partial charge in [0.05, 0.1) is 30.6 Å². The second-order valence-corrected chi connectivity index (χ2v) is 12.1. The Hall–Kier alpha value is -2.80. The predicted octanol–water partition coefficient (Wildman–Crippen LogP) is 2.19. The first-order valence-electron chi connectivity index (χ1n) is 11.1. The minimum absolute atomic E-state index is 0.0403. The molecule has 2 atom stereocenters. The highest BCUT2D eigenvalue weighted by atomic mass is 32.2. The van der Waals surface area contributed by atoms with Crippen molar-refractivity contribution in [2.24, 2.45) is 5.92 Å². The average molecular weight is 540 g/mol. The number of carbonyl (C=O) groups excluding carboxylic acids is 2. The fourth-order valence-electron chi connectivity index (χ4n) is 4.09. The lowest BCUT2D eigenvalue weighted by atomic mass is 9.88. The summed E-state index contributed by atoms with van der Waals surface area (Å²) in [5.74, 6) is -2.43. The van der Waals surface area contributed by atoms with E-state index in [2.05, 4.69) is 0 Å². The summed E-state index contributed by atoms with van der Waals surface area (Å²) in [7, 11) is -6.23. The Bertz CT molecular complexity index is 1280. The van der Waals surface area contributed by atoms with E-state index in [0.717, 1.165) is 29.7 Å². The van der Waals surface area contributed by atoms with Gasteiger partial charge in [-0.2, -0.15) is 12.7 Å². The summed E-state index contributed by atoms with van der Waals surface area (Å²) in [4.78, 5) is 25.3. The number of hydrogen-bond acceptors (Lipinski definition) is 9. The quantitative estimate of drug-likeness (QED) is 0.366. The zero-order valence-electron chi connectivity index (χ0n) is 20.4. The molecular weight excluding hydrogens is 510 g/mol. The third-order valence-electron chi connectivity index (χ3n) is 6.04. The van der Waals surface area contributed by atoms with Crippen LogP contribution >= 0.6 is 0 Å². The molecule has 0 radical (unpaired) electrons. The minimum Gasteiger partial charge on any atom is -0.468 e. The number of benzene rings is 2. The number of aryl methyl sites for hydroxylation is 2. The highest BCUT2D eigenvalue weighted by Gasteiger charge is 2.50. The van der Waals surface area contributed by atoms with Gasteiger partial charge in [-0.1, -0.05) is 35.4 Å². The third kappa shape index (κ3) is 5.94. The first-order chi connectivity index (χ1) is 16.9. The van der Waals surface area contributed by atoms with Crippen LogP contribution in [0, 0.1) is 19.8 Å². The molecule has 0 spiro atoms. The van der Waals surface area contributed by atoms with E-state index in [4.69, 9.17) is 13.7 Å². The van der Waals surface area contributed by atoms with E-state index in [9.17, 15) is 26.4 Å². The molecule has 0 amide bonds. The Morgan fingerprint density at radius 2 is 1.19 bits per heavy atom. The second kappa shape index (κ2) is 11.1. The number of esters is 2. The van der Waals surface area contributed by atoms with Crippen molar-refractivity contribution in [1.29, 1.82) is 0 Å². The maximum absolute atomic E-state index is 13.6. The highest BCUT2D eigenvalue weighted by molar-refractivity contribution is 7.89. The smallest absolute Gasteiger partial charge is 0.324 e. The largest absolute Gasteiger partial charge is 0.468 e. The fraction of sp³-hybridized carbons (Fsp3) is 0.417. The molecule has 0 aromatic heterocycles. The van der Waals surface area contributed by atoms with Gasteiger partial charge in [0.25, 0.3) is 10.1 Å². The molecule has 196 valence electrons. The molecule has 0 saturated carbocycles. The number of sulfonamides is 1. The molecule has 2 aromatic rings. The van der Waals surface area contributed by atoms with Crippen LogP contribution in [0.5, 0.6) is 0 Å². The van der Waals surface area contributed by atoms with Crippen LogP contribution in [-0.4, -0.2) is 66.0 Å². The van der Waals surface area contributed by atoms with E-state index >= 15 is 0 Å². The molecule has 36 heavy (non-hydrogen) atoms. The molecule has 1 aliphatic heterocycles. The molecule has 2 unspecified atom stereocenters. The Labute approximate surface area is 211 Å². The van der Waals surface area contributed by atoms with Gasteiger partial charge in [0, 0.05) is 0 Å². The van der Waals surface area contributed by atoms with Crippen molar-refractivity contribution in [3.8, 4) is 0 Å². The van der Waals surface area contributed by atoms with Crippen molar-refractivity contribution in [3.05, 3.63) is 59.7 Å². The molecule has 1 fully saturated rings. The van der Waals surface area contributed by atoms with Gasteiger partial charge in [-0.05, 0) is 56.9 Å². The van der Waals surface area contributed by atoms with Crippen LogP contribution < -0.4 is 0 Å². The zero-order valence-corrected chi connectivity index (χ0v) is 22.0. The first-order valence-corrected chi connectivity index (χ1v) is 14.0. The van der Waals surface area contributed by atoms with Crippen molar-refractivity contribution in [2.45, 2.75) is 48.6 Å². The standard InChI is InChI=1S/C24H29NO9S2/c1-16-5-9-19(10-6-16)35(28,29)25-21(23(26)32-3)13-18(14-22(25)24(27)33-4)15-34-36(30,31)20-11-7-17(2)8-12-20/h5-12,18,21-22H,13-15H2,1-4H3. The van der Waals surface area contributed by atoms with Crippen LogP contribution in [0.15, 0.2) is 58.3 Å². The third-order valence-corrected chi connectivity index (χ3v) is 9.27. The molecule has 1 aliphatic rings. The number of piperidine rings is 1. The van der Waals surface area contributed by atoms with E-state index in [1.54, 1.807) is 31.2 Å². The molecule has 0 aliphatic carbocycles. The van der Waals surface area contributed by atoms with Crippen molar-refractivity contribution < 1.29 is 40.1 Å². The molecule has 1 heterocycles. The fourth-order valence-corrected chi connectivity index (χ4v) is 6.80. The maximum atomic E-state index is 13.6. The van der Waals surface area contributed by atoms with Gasteiger partial charge in [-0.3, -0.25) is 13.8 Å². The highest BCUT2D eigenvalue weighted by Crippen LogP contribution is 2.35. The second-order valence-electron chi connectivity index (χ2n) is 8.62. The van der Waals surface area contributed by atoms with Gasteiger partial charge in [0.1, 0.15) is 12.1 Å². The lowest BCUT2D eigenvalue weighted by Crippen LogP contribution is -2.58. The monoisotopic (exact) mass is 539 g/mol. The van der Waals surface area contributed by atoms with Crippen LogP contribution in [0.25, 0.3) is 0 Å². The normalized spacial score (nSPS) is 21.1. The van der Waals surface area contributed by atoms with Gasteiger partial charge < -0.3 is 9.47 Å². The summed E-state index contributed by atoms with van der Waals surface area (Å²) in [6.07, 6.45) is -0.233. The molecule has 1 saturated heterocycles. The summed E-state index contributed by atoms with van der Waals surface area (Å²) in [5.41, 5.74) is 1.70. The molecule has 2 aromatic carbocycles. The summed E-state index contributed by atoms with van der Waals surface area (Å²) in [6.45, 7) is 3.24. The van der Waals surface area contributed by atoms with Crippen LogP contribution in [0.1, 0.15) is 24.0 Å². The SMILES string of the molecule is COC(=O)C1CC(COS(=O)(=O)c2ccc(C)cc2)CC(C(=O)OC)N1S(=O)(=O)c1ccc(C)cc1. The number of ether oxygens (including phenoxy) is 2. The Balaban J connectivity index is 1.93. The van der Waals surface area contributed by atoms with Gasteiger partial charge in [0.2, 0.25) is 10.0 Å². The molecular formula is C24H29NO9S2. The zero-order chi connectivity index (χ0) is 26.7. The summed E-state index contributed by atoms with van der Waals surface area (Å²) >= 11 is 0. The van der Waals surface area contributed by atoms with E-state index in [1.165, 1.54) is 24.3 Å². The Morgan fingerprint density at radius 3 is 1.61 bits per heavy atom. The average Bonchev–Trinajstić information content (AvgIpc) is 2.86. The van der Waals surface area contributed by atoms with E-state index < -0.39 is 50.1 Å². The molecule has 10 nitrogen and oxygen atoms in total. The van der Waals surface area contributed by atoms with Gasteiger partial charge in [0.15, 0.2) is 0 Å². The molecule has 0 bridgehead atoms. The number of carbonyl (C=O) groups is 2.